The Labute approximate surface area is 191 Å². The lowest BCUT2D eigenvalue weighted by molar-refractivity contribution is 0.526. The van der Waals surface area contributed by atoms with Crippen molar-refractivity contribution in [1.82, 2.24) is 0 Å². The van der Waals surface area contributed by atoms with Crippen molar-refractivity contribution in [3.8, 4) is 0 Å². The van der Waals surface area contributed by atoms with Gasteiger partial charge in [0.25, 0.3) is 0 Å². The Morgan fingerprint density at radius 2 is 0.710 bits per heavy atom. The minimum atomic E-state index is -3.63. The maximum atomic E-state index is 13.7. The number of rotatable bonds is 2. The zero-order valence-corrected chi connectivity index (χ0v) is 22.5. The monoisotopic (exact) mass is 442 g/mol. The van der Waals surface area contributed by atoms with Gasteiger partial charge in [0.05, 0.1) is 9.79 Å². The van der Waals surface area contributed by atoms with Crippen LogP contribution in [0.1, 0.15) is 105 Å². The molecule has 2 aromatic rings. The second-order valence-corrected chi connectivity index (χ2v) is 14.9. The molecular formula is C28H42O2S. The minimum absolute atomic E-state index is 0.0569. The lowest BCUT2D eigenvalue weighted by atomic mass is 9.75. The second kappa shape index (κ2) is 7.76. The predicted octanol–water partition coefficient (Wildman–Crippen LogP) is 7.71. The largest absolute Gasteiger partial charge is 0.219 e. The van der Waals surface area contributed by atoms with Crippen LogP contribution in [0.3, 0.4) is 0 Å². The molecule has 0 aromatic heterocycles. The minimum Gasteiger partial charge on any atom is -0.219 e. The molecule has 0 spiro atoms. The fourth-order valence-electron chi connectivity index (χ4n) is 4.07. The van der Waals surface area contributed by atoms with Crippen LogP contribution in [0.25, 0.3) is 0 Å². The van der Waals surface area contributed by atoms with E-state index in [0.717, 1.165) is 11.1 Å². The lowest BCUT2D eigenvalue weighted by Crippen LogP contribution is -2.23. The SMILES string of the molecule is CC(C)(C)c1ccc(S(=O)(=O)c2ccc(C(C)(C)C)c(C(C)(C)C)c2)cc1C(C)(C)C. The van der Waals surface area contributed by atoms with Crippen molar-refractivity contribution in [2.24, 2.45) is 0 Å². The molecule has 0 atom stereocenters. The molecule has 2 nitrogen and oxygen atoms in total. The van der Waals surface area contributed by atoms with Gasteiger partial charge in [-0.05, 0) is 68.2 Å². The Morgan fingerprint density at radius 1 is 0.452 bits per heavy atom. The van der Waals surface area contributed by atoms with Gasteiger partial charge in [-0.2, -0.15) is 0 Å². The van der Waals surface area contributed by atoms with E-state index in [2.05, 4.69) is 83.1 Å². The molecule has 0 unspecified atom stereocenters. The Bertz CT molecular complexity index is 980. The zero-order valence-electron chi connectivity index (χ0n) is 21.7. The highest BCUT2D eigenvalue weighted by molar-refractivity contribution is 7.91. The van der Waals surface area contributed by atoms with E-state index in [1.54, 1.807) is 12.1 Å². The van der Waals surface area contributed by atoms with Gasteiger partial charge in [-0.15, -0.1) is 0 Å². The van der Waals surface area contributed by atoms with Crippen molar-refractivity contribution < 1.29 is 8.42 Å². The summed E-state index contributed by atoms with van der Waals surface area (Å²) in [7, 11) is -3.63. The Balaban J connectivity index is 2.76. The van der Waals surface area contributed by atoms with Gasteiger partial charge >= 0.3 is 0 Å². The number of benzene rings is 2. The number of hydrogen-bond donors (Lipinski definition) is 0. The molecule has 3 heteroatoms. The summed E-state index contributed by atoms with van der Waals surface area (Å²) in [5.74, 6) is 0. The molecule has 2 rings (SSSR count). The maximum Gasteiger partial charge on any atom is 0.206 e. The summed E-state index contributed by atoms with van der Waals surface area (Å²) in [5, 5.41) is 0. The highest BCUT2D eigenvalue weighted by atomic mass is 32.2. The first-order valence-electron chi connectivity index (χ1n) is 11.2. The second-order valence-electron chi connectivity index (χ2n) is 12.9. The molecule has 172 valence electrons. The first kappa shape index (κ1) is 25.6. The highest BCUT2D eigenvalue weighted by Gasteiger charge is 2.30. The fourth-order valence-corrected chi connectivity index (χ4v) is 5.38. The van der Waals surface area contributed by atoms with E-state index in [9.17, 15) is 8.42 Å². The number of sulfone groups is 1. The van der Waals surface area contributed by atoms with E-state index in [1.807, 2.05) is 24.3 Å². The summed E-state index contributed by atoms with van der Waals surface area (Å²) in [6, 6.07) is 11.3. The van der Waals surface area contributed by atoms with Crippen molar-refractivity contribution >= 4 is 9.84 Å². The standard InChI is InChI=1S/C28H42O2S/c1-25(2,3)21-15-13-19(17-23(21)27(7,8)9)31(29,30)20-14-16-22(26(4,5)6)24(18-20)28(10,11)12/h13-18H,1-12H3. The first-order chi connectivity index (χ1) is 13.7. The normalized spacial score (nSPS) is 14.1. The van der Waals surface area contributed by atoms with Crippen LogP contribution < -0.4 is 0 Å². The van der Waals surface area contributed by atoms with Crippen LogP contribution >= 0.6 is 0 Å². The van der Waals surface area contributed by atoms with Gasteiger partial charge in [0.15, 0.2) is 0 Å². The molecule has 2 aromatic carbocycles. The predicted molar refractivity (Wildman–Crippen MR) is 133 cm³/mol. The molecule has 0 heterocycles. The van der Waals surface area contributed by atoms with Crippen molar-refractivity contribution in [2.45, 2.75) is 115 Å². The Morgan fingerprint density at radius 3 is 0.935 bits per heavy atom. The van der Waals surface area contributed by atoms with E-state index >= 15 is 0 Å². The zero-order chi connectivity index (χ0) is 24.2. The number of hydrogen-bond acceptors (Lipinski definition) is 2. The lowest BCUT2D eigenvalue weighted by Gasteiger charge is -2.31. The van der Waals surface area contributed by atoms with Crippen LogP contribution in [0.5, 0.6) is 0 Å². The van der Waals surface area contributed by atoms with Crippen LogP contribution in [-0.2, 0) is 31.5 Å². The van der Waals surface area contributed by atoms with Gasteiger partial charge in [0, 0.05) is 0 Å². The van der Waals surface area contributed by atoms with Gasteiger partial charge in [-0.1, -0.05) is 95.2 Å². The van der Waals surface area contributed by atoms with Gasteiger partial charge < -0.3 is 0 Å². The molecule has 0 radical (unpaired) electrons. The Kier molecular flexibility index (Phi) is 6.42. The maximum absolute atomic E-state index is 13.7. The van der Waals surface area contributed by atoms with Crippen LogP contribution in [0.4, 0.5) is 0 Å². The molecule has 0 N–H and O–H groups in total. The summed E-state index contributed by atoms with van der Waals surface area (Å²) in [6.45, 7) is 25.9. The van der Waals surface area contributed by atoms with E-state index in [4.69, 9.17) is 0 Å². The third-order valence-electron chi connectivity index (χ3n) is 5.83. The van der Waals surface area contributed by atoms with Crippen molar-refractivity contribution in [3.63, 3.8) is 0 Å². The molecule has 0 aliphatic heterocycles. The molecule has 0 aliphatic rings. The van der Waals surface area contributed by atoms with Crippen molar-refractivity contribution in [3.05, 3.63) is 58.7 Å². The average Bonchev–Trinajstić information content (AvgIpc) is 2.57. The molecule has 31 heavy (non-hydrogen) atoms. The van der Waals surface area contributed by atoms with Crippen LogP contribution in [-0.4, -0.2) is 8.42 Å². The first-order valence-corrected chi connectivity index (χ1v) is 12.7. The third-order valence-corrected chi connectivity index (χ3v) is 7.58. The van der Waals surface area contributed by atoms with Crippen molar-refractivity contribution in [1.29, 1.82) is 0 Å². The van der Waals surface area contributed by atoms with Crippen LogP contribution in [0.15, 0.2) is 46.2 Å². The summed E-state index contributed by atoms with van der Waals surface area (Å²) >= 11 is 0. The summed E-state index contributed by atoms with van der Waals surface area (Å²) in [4.78, 5) is 0.739. The third kappa shape index (κ3) is 5.42. The summed E-state index contributed by atoms with van der Waals surface area (Å²) in [6.07, 6.45) is 0. The van der Waals surface area contributed by atoms with Gasteiger partial charge in [0.1, 0.15) is 0 Å². The quantitative estimate of drug-likeness (QED) is 0.477. The summed E-state index contributed by atoms with van der Waals surface area (Å²) in [5.41, 5.74) is 4.14. The molecule has 0 fully saturated rings. The van der Waals surface area contributed by atoms with Gasteiger partial charge in [-0.25, -0.2) is 8.42 Å². The highest BCUT2D eigenvalue weighted by Crippen LogP contribution is 2.39. The molecular weight excluding hydrogens is 400 g/mol. The molecule has 0 amide bonds. The van der Waals surface area contributed by atoms with E-state index in [-0.39, 0.29) is 21.7 Å². The molecule has 0 aliphatic carbocycles. The summed E-state index contributed by atoms with van der Waals surface area (Å²) < 4.78 is 27.4. The molecule has 0 bridgehead atoms. The van der Waals surface area contributed by atoms with E-state index in [1.165, 1.54) is 11.1 Å². The molecule has 0 saturated heterocycles. The fraction of sp³-hybridized carbons (Fsp3) is 0.571. The Hall–Kier alpha value is -1.61. The average molecular weight is 443 g/mol. The molecule has 0 saturated carbocycles. The van der Waals surface area contributed by atoms with Crippen molar-refractivity contribution in [2.75, 3.05) is 0 Å². The van der Waals surface area contributed by atoms with Crippen LogP contribution in [0.2, 0.25) is 0 Å². The van der Waals surface area contributed by atoms with Crippen LogP contribution in [0, 0.1) is 0 Å². The van der Waals surface area contributed by atoms with Gasteiger partial charge in [0.2, 0.25) is 9.84 Å². The van der Waals surface area contributed by atoms with Gasteiger partial charge in [-0.3, -0.25) is 0 Å². The van der Waals surface area contributed by atoms with E-state index in [0.29, 0.717) is 9.79 Å². The topological polar surface area (TPSA) is 34.1 Å². The smallest absolute Gasteiger partial charge is 0.206 e. The van der Waals surface area contributed by atoms with E-state index < -0.39 is 9.84 Å².